The minimum atomic E-state index is -4.55. The molecule has 7 nitrogen and oxygen atoms in total. The van der Waals surface area contributed by atoms with Gasteiger partial charge in [0.05, 0.1) is 18.0 Å². The minimum absolute atomic E-state index is 0.0166. The number of ether oxygens (including phenoxy) is 2. The van der Waals surface area contributed by atoms with Crippen LogP contribution in [0.4, 0.5) is 18.9 Å². The van der Waals surface area contributed by atoms with Gasteiger partial charge in [-0.1, -0.05) is 18.1 Å². The van der Waals surface area contributed by atoms with E-state index in [0.29, 0.717) is 30.0 Å². The number of hydrogen-bond donors (Lipinski definition) is 2. The average Bonchev–Trinajstić information content (AvgIpc) is 3.54. The van der Waals surface area contributed by atoms with Crippen LogP contribution >= 0.6 is 0 Å². The van der Waals surface area contributed by atoms with Gasteiger partial charge in [0.15, 0.2) is 0 Å². The first-order valence-electron chi connectivity index (χ1n) is 11.8. The van der Waals surface area contributed by atoms with E-state index < -0.39 is 17.8 Å². The number of nitrogens with zero attached hydrogens (tertiary/aromatic N) is 2. The smallest absolute Gasteiger partial charge is 0.432 e. The summed E-state index contributed by atoms with van der Waals surface area (Å²) >= 11 is 0. The molecule has 4 rings (SSSR count). The highest BCUT2D eigenvalue weighted by Gasteiger charge is 2.33. The zero-order valence-corrected chi connectivity index (χ0v) is 20.5. The maximum atomic E-state index is 13.0. The van der Waals surface area contributed by atoms with Crippen molar-refractivity contribution in [3.8, 4) is 29.0 Å². The molecule has 2 aromatic carbocycles. The van der Waals surface area contributed by atoms with Crippen molar-refractivity contribution in [2.45, 2.75) is 25.6 Å². The molecular formula is C27H27F3N4O3. The molecule has 1 atom stereocenters. The highest BCUT2D eigenvalue weighted by atomic mass is 19.4. The maximum absolute atomic E-state index is 13.0. The summed E-state index contributed by atoms with van der Waals surface area (Å²) in [5, 5.41) is 2.70. The van der Waals surface area contributed by atoms with E-state index in [-0.39, 0.29) is 17.6 Å². The number of hydrogen-bond acceptors (Lipinski definition) is 5. The molecule has 1 fully saturated rings. The molecule has 2 heterocycles. The van der Waals surface area contributed by atoms with Crippen LogP contribution in [0.15, 0.2) is 48.7 Å². The number of H-pyrrole nitrogens is 1. The van der Waals surface area contributed by atoms with Gasteiger partial charge in [-0.3, -0.25) is 9.69 Å². The molecule has 0 radical (unpaired) electrons. The number of aromatic amines is 1. The lowest BCUT2D eigenvalue weighted by Crippen LogP contribution is -2.27. The van der Waals surface area contributed by atoms with Crippen molar-refractivity contribution in [2.24, 2.45) is 0 Å². The van der Waals surface area contributed by atoms with Gasteiger partial charge in [0.25, 0.3) is 0 Å². The quantitative estimate of drug-likeness (QED) is 0.456. The highest BCUT2D eigenvalue weighted by Crippen LogP contribution is 2.33. The molecule has 3 aromatic rings. The van der Waals surface area contributed by atoms with Gasteiger partial charge in [0.2, 0.25) is 0 Å². The Morgan fingerprint density at radius 2 is 2.11 bits per heavy atom. The summed E-state index contributed by atoms with van der Waals surface area (Å²) in [5.74, 6) is 5.17. The fraction of sp³-hybridized carbons (Fsp3) is 0.333. The number of carbonyl (C=O) groups excluding carboxylic acids is 1. The Morgan fingerprint density at radius 3 is 2.81 bits per heavy atom. The van der Waals surface area contributed by atoms with Crippen LogP contribution in [0.1, 0.15) is 23.2 Å². The van der Waals surface area contributed by atoms with Crippen LogP contribution in [0.5, 0.6) is 5.75 Å². The van der Waals surface area contributed by atoms with Crippen LogP contribution in [0, 0.1) is 18.8 Å². The minimum Gasteiger partial charge on any atom is -0.490 e. The number of imidazole rings is 1. The highest BCUT2D eigenvalue weighted by molar-refractivity contribution is 6.05. The van der Waals surface area contributed by atoms with Crippen molar-refractivity contribution >= 4 is 11.6 Å². The van der Waals surface area contributed by atoms with E-state index in [1.165, 1.54) is 6.07 Å². The summed E-state index contributed by atoms with van der Waals surface area (Å²) in [6, 6.07) is 12.1. The number of halogens is 3. The first-order valence-corrected chi connectivity index (χ1v) is 11.8. The van der Waals surface area contributed by atoms with Crippen molar-refractivity contribution in [1.29, 1.82) is 0 Å². The number of carbonyl (C=O) groups is 1. The monoisotopic (exact) mass is 512 g/mol. The molecule has 0 saturated carbocycles. The Balaban J connectivity index is 1.52. The average molecular weight is 513 g/mol. The Bertz CT molecular complexity index is 1310. The van der Waals surface area contributed by atoms with Crippen LogP contribution in [0.2, 0.25) is 0 Å². The number of anilines is 1. The number of aryl methyl sites for hydroxylation is 1. The van der Waals surface area contributed by atoms with Gasteiger partial charge in [0, 0.05) is 43.8 Å². The molecule has 194 valence electrons. The Labute approximate surface area is 213 Å². The lowest BCUT2D eigenvalue weighted by molar-refractivity contribution is -0.140. The fourth-order valence-corrected chi connectivity index (χ4v) is 4.00. The fourth-order valence-electron chi connectivity index (χ4n) is 4.00. The normalized spacial score (nSPS) is 15.8. The van der Waals surface area contributed by atoms with E-state index in [9.17, 15) is 18.0 Å². The molecule has 1 unspecified atom stereocenters. The largest absolute Gasteiger partial charge is 0.490 e. The molecule has 0 bridgehead atoms. The number of likely N-dealkylation sites (tertiary alicyclic amines) is 1. The first kappa shape index (κ1) is 26.3. The van der Waals surface area contributed by atoms with Crippen molar-refractivity contribution in [2.75, 3.05) is 38.7 Å². The number of nitrogens with one attached hydrogen (secondary N) is 2. The van der Waals surface area contributed by atoms with Gasteiger partial charge in [-0.15, -0.1) is 0 Å². The number of rotatable bonds is 7. The van der Waals surface area contributed by atoms with Gasteiger partial charge >= 0.3 is 12.1 Å². The summed E-state index contributed by atoms with van der Waals surface area (Å²) in [7, 11) is 1.69. The maximum Gasteiger partial charge on any atom is 0.432 e. The van der Waals surface area contributed by atoms with Gasteiger partial charge in [0.1, 0.15) is 23.9 Å². The van der Waals surface area contributed by atoms with E-state index in [1.807, 2.05) is 25.1 Å². The van der Waals surface area contributed by atoms with Gasteiger partial charge in [-0.05, 0) is 49.2 Å². The molecule has 1 aliphatic rings. The number of alkyl halides is 3. The van der Waals surface area contributed by atoms with Gasteiger partial charge < -0.3 is 19.8 Å². The standard InChI is InChI=1S/C27H27F3N4O3/c1-18-4-3-5-19(14-18)6-9-25(35)32-22-15-20(26-31-16-24(33-26)27(28,29)30)7-8-23(22)37-13-12-34-11-10-21(17-34)36-2/h3-5,7-8,14-16,21H,10-13,17H2,1-2H3,(H,31,33)(H,32,35). The lowest BCUT2D eigenvalue weighted by Gasteiger charge is -2.17. The molecule has 10 heteroatoms. The zero-order valence-electron chi connectivity index (χ0n) is 20.5. The number of methoxy groups -OCH3 is 1. The molecule has 1 saturated heterocycles. The molecule has 1 aromatic heterocycles. The van der Waals surface area contributed by atoms with Crippen LogP contribution in [0.3, 0.4) is 0 Å². The molecule has 2 N–H and O–H groups in total. The van der Waals surface area contributed by atoms with Crippen LogP contribution in [0.25, 0.3) is 11.4 Å². The van der Waals surface area contributed by atoms with Gasteiger partial charge in [-0.25, -0.2) is 4.98 Å². The van der Waals surface area contributed by atoms with E-state index >= 15 is 0 Å². The third-order valence-electron chi connectivity index (χ3n) is 5.95. The topological polar surface area (TPSA) is 79.5 Å². The van der Waals surface area contributed by atoms with E-state index in [2.05, 4.69) is 32.0 Å². The first-order chi connectivity index (χ1) is 17.7. The van der Waals surface area contributed by atoms with Crippen LogP contribution in [-0.4, -0.2) is 60.2 Å². The summed E-state index contributed by atoms with van der Waals surface area (Å²) in [5.41, 5.74) is 1.38. The zero-order chi connectivity index (χ0) is 26.4. The number of amides is 1. The molecule has 1 amide bonds. The third kappa shape index (κ3) is 7.12. The van der Waals surface area contributed by atoms with Crippen molar-refractivity contribution in [3.05, 3.63) is 65.5 Å². The number of aromatic nitrogens is 2. The molecular weight excluding hydrogens is 485 g/mol. The molecule has 1 aliphatic heterocycles. The van der Waals surface area contributed by atoms with E-state index in [4.69, 9.17) is 9.47 Å². The van der Waals surface area contributed by atoms with Gasteiger partial charge in [-0.2, -0.15) is 13.2 Å². The summed E-state index contributed by atoms with van der Waals surface area (Å²) in [6.45, 7) is 4.66. The van der Waals surface area contributed by atoms with E-state index in [0.717, 1.165) is 31.3 Å². The summed E-state index contributed by atoms with van der Waals surface area (Å²) in [6.07, 6.45) is -2.66. The van der Waals surface area contributed by atoms with Crippen molar-refractivity contribution < 1.29 is 27.4 Å². The SMILES string of the molecule is COC1CCN(CCOc2ccc(-c3ncc(C(F)(F)F)[nH]3)cc2NC(=O)C#Cc2cccc(C)c2)C1. The third-order valence-corrected chi connectivity index (χ3v) is 5.95. The van der Waals surface area contributed by atoms with E-state index in [1.54, 1.807) is 25.3 Å². The molecule has 0 aliphatic carbocycles. The van der Waals surface area contributed by atoms with Crippen LogP contribution in [-0.2, 0) is 15.7 Å². The predicted octanol–water partition coefficient (Wildman–Crippen LogP) is 4.49. The van der Waals surface area contributed by atoms with Crippen molar-refractivity contribution in [1.82, 2.24) is 14.9 Å². The Kier molecular flexibility index (Phi) is 8.16. The second kappa shape index (κ2) is 11.5. The predicted molar refractivity (Wildman–Crippen MR) is 133 cm³/mol. The summed E-state index contributed by atoms with van der Waals surface area (Å²) < 4.78 is 50.4. The van der Waals surface area contributed by atoms with Crippen LogP contribution < -0.4 is 10.1 Å². The molecule has 0 spiro atoms. The Morgan fingerprint density at radius 1 is 1.27 bits per heavy atom. The Hall–Kier alpha value is -3.81. The van der Waals surface area contributed by atoms with Crippen molar-refractivity contribution in [3.63, 3.8) is 0 Å². The second-order valence-corrected chi connectivity index (χ2v) is 8.72. The lowest BCUT2D eigenvalue weighted by atomic mass is 10.1. The number of benzene rings is 2. The summed E-state index contributed by atoms with van der Waals surface area (Å²) in [4.78, 5) is 21.0. The second-order valence-electron chi connectivity index (χ2n) is 8.72. The molecule has 37 heavy (non-hydrogen) atoms.